The summed E-state index contributed by atoms with van der Waals surface area (Å²) in [5.41, 5.74) is 4.34. The molecular weight excluding hydrogens is 601 g/mol. The largest absolute Gasteiger partial charge is 0.497 e. The molecule has 5 rings (SSSR count). The van der Waals surface area contributed by atoms with E-state index in [1.54, 1.807) is 116 Å². The molecule has 0 radical (unpaired) electrons. The average molecular weight is 635 g/mol. The molecule has 0 aromatic heterocycles. The number of hydrogen-bond acceptors (Lipinski definition) is 7. The minimum atomic E-state index is -0.151. The first kappa shape index (κ1) is 33.3. The highest BCUT2D eigenvalue weighted by Gasteiger charge is 2.13. The van der Waals surface area contributed by atoms with Crippen LogP contribution in [0.1, 0.15) is 59.7 Å². The van der Waals surface area contributed by atoms with Crippen molar-refractivity contribution < 1.29 is 23.9 Å². The number of methoxy groups -OCH3 is 1. The fraction of sp³-hybridized carbons (Fsp3) is 0.132. The predicted molar refractivity (Wildman–Crippen MR) is 186 cm³/mol. The van der Waals surface area contributed by atoms with Crippen LogP contribution in [0, 0.1) is 6.92 Å². The van der Waals surface area contributed by atoms with E-state index in [0.717, 1.165) is 23.5 Å². The monoisotopic (exact) mass is 634 g/mol. The van der Waals surface area contributed by atoms with Crippen molar-refractivity contribution in [2.24, 2.45) is 0 Å². The van der Waals surface area contributed by atoms with E-state index in [-0.39, 0.29) is 17.3 Å². The van der Waals surface area contributed by atoms with E-state index in [9.17, 15) is 14.4 Å². The molecule has 0 spiro atoms. The van der Waals surface area contributed by atoms with Gasteiger partial charge in [0, 0.05) is 33.4 Å². The lowest BCUT2D eigenvalue weighted by Gasteiger charge is -2.08. The van der Waals surface area contributed by atoms with Gasteiger partial charge >= 0.3 is 0 Å². The number of aryl methyl sites for hydroxylation is 1. The Bertz CT molecular complexity index is 1710. The molecule has 5 aromatic carbocycles. The molecule has 0 aliphatic rings. The van der Waals surface area contributed by atoms with Crippen LogP contribution in [0.15, 0.2) is 121 Å². The second-order valence-electron chi connectivity index (χ2n) is 10.1. The second-order valence-corrected chi connectivity index (χ2v) is 11.0. The number of ketones is 3. The van der Waals surface area contributed by atoms with Crippen LogP contribution in [0.2, 0.25) is 0 Å². The summed E-state index contributed by atoms with van der Waals surface area (Å²) >= 11 is 7.90. The number of carbonyl (C=O) groups is 3. The number of thiol groups is 2. The zero-order valence-electron chi connectivity index (χ0n) is 25.1. The van der Waals surface area contributed by atoms with Crippen LogP contribution < -0.4 is 9.47 Å². The first-order chi connectivity index (χ1) is 21.8. The SMILES string of the molecule is COc1ccc(C(=O)c2ccc(Oc3ccc(C(=O)c4ccc(C(=O)c5ccc(C)cc5)cc4)cc3)cc2)cc1.SCCCS. The fourth-order valence-corrected chi connectivity index (χ4v) is 4.84. The van der Waals surface area contributed by atoms with Gasteiger partial charge < -0.3 is 9.47 Å². The summed E-state index contributed by atoms with van der Waals surface area (Å²) in [5.74, 6) is 3.42. The summed E-state index contributed by atoms with van der Waals surface area (Å²) in [6.45, 7) is 1.97. The van der Waals surface area contributed by atoms with Crippen molar-refractivity contribution in [2.45, 2.75) is 13.3 Å². The molecule has 0 N–H and O–H groups in total. The molecule has 0 heterocycles. The highest BCUT2D eigenvalue weighted by atomic mass is 32.1. The van der Waals surface area contributed by atoms with Crippen molar-refractivity contribution in [3.8, 4) is 17.2 Å². The standard InChI is InChI=1S/C35H26O5.C3H8S2/c1-23-3-5-24(6-4-23)33(36)25-7-9-26(10-8-25)34(37)28-13-19-31(20-14-28)40-32-21-15-29(16-22-32)35(38)27-11-17-30(39-2)18-12-27;4-2-1-3-5/h3-22H,1-2H3;4-5H,1-3H2. The Morgan fingerprint density at radius 1 is 0.467 bits per heavy atom. The normalized spacial score (nSPS) is 10.3. The van der Waals surface area contributed by atoms with Gasteiger partial charge in [-0.1, -0.05) is 54.1 Å². The summed E-state index contributed by atoms with van der Waals surface area (Å²) < 4.78 is 11.0. The Labute approximate surface area is 275 Å². The van der Waals surface area contributed by atoms with Gasteiger partial charge in [-0.05, 0) is 97.6 Å². The van der Waals surface area contributed by atoms with Crippen molar-refractivity contribution in [1.29, 1.82) is 0 Å². The van der Waals surface area contributed by atoms with Gasteiger partial charge in [0.2, 0.25) is 0 Å². The van der Waals surface area contributed by atoms with Gasteiger partial charge in [-0.25, -0.2) is 0 Å². The van der Waals surface area contributed by atoms with Gasteiger partial charge in [-0.2, -0.15) is 25.3 Å². The Hall–Kier alpha value is -4.59. The zero-order valence-corrected chi connectivity index (χ0v) is 26.9. The molecule has 5 nitrogen and oxygen atoms in total. The third-order valence-electron chi connectivity index (χ3n) is 6.86. The van der Waals surface area contributed by atoms with Gasteiger partial charge in [-0.3, -0.25) is 14.4 Å². The lowest BCUT2D eigenvalue weighted by Crippen LogP contribution is -2.04. The van der Waals surface area contributed by atoms with Crippen LogP contribution in [-0.2, 0) is 0 Å². The van der Waals surface area contributed by atoms with Gasteiger partial charge in [0.1, 0.15) is 17.2 Å². The summed E-state index contributed by atoms with van der Waals surface area (Å²) in [5, 5.41) is 0. The lowest BCUT2D eigenvalue weighted by atomic mass is 9.98. The van der Waals surface area contributed by atoms with Crippen molar-refractivity contribution in [1.82, 2.24) is 0 Å². The zero-order chi connectivity index (χ0) is 32.2. The van der Waals surface area contributed by atoms with E-state index in [1.807, 2.05) is 19.1 Å². The average Bonchev–Trinajstić information content (AvgIpc) is 3.09. The van der Waals surface area contributed by atoms with Gasteiger partial charge in [-0.15, -0.1) is 0 Å². The van der Waals surface area contributed by atoms with Crippen LogP contribution in [-0.4, -0.2) is 36.0 Å². The van der Waals surface area contributed by atoms with Crippen molar-refractivity contribution in [3.63, 3.8) is 0 Å². The fourth-order valence-electron chi connectivity index (χ4n) is 4.28. The van der Waals surface area contributed by atoms with E-state index in [0.29, 0.717) is 50.6 Å². The molecule has 7 heteroatoms. The molecule has 0 unspecified atom stereocenters. The summed E-state index contributed by atoms with van der Waals surface area (Å²) in [4.78, 5) is 38.4. The summed E-state index contributed by atoms with van der Waals surface area (Å²) in [6.07, 6.45) is 1.12. The number of carbonyl (C=O) groups excluding carboxylic acids is 3. The number of benzene rings is 5. The maximum Gasteiger partial charge on any atom is 0.193 e. The molecule has 0 bridgehead atoms. The third-order valence-corrected chi connectivity index (χ3v) is 7.49. The lowest BCUT2D eigenvalue weighted by molar-refractivity contribution is 0.102. The van der Waals surface area contributed by atoms with Crippen LogP contribution in [0.25, 0.3) is 0 Å². The van der Waals surface area contributed by atoms with Crippen LogP contribution in [0.3, 0.4) is 0 Å². The summed E-state index contributed by atoms with van der Waals surface area (Å²) in [6, 6.07) is 34.8. The van der Waals surface area contributed by atoms with Gasteiger partial charge in [0.15, 0.2) is 17.3 Å². The van der Waals surface area contributed by atoms with Crippen LogP contribution in [0.4, 0.5) is 0 Å². The van der Waals surface area contributed by atoms with E-state index in [4.69, 9.17) is 9.47 Å². The maximum atomic E-state index is 13.0. The van der Waals surface area contributed by atoms with Crippen molar-refractivity contribution in [2.75, 3.05) is 18.6 Å². The number of rotatable bonds is 11. The Morgan fingerprint density at radius 3 is 1.00 bits per heavy atom. The molecular formula is C38H34O5S2. The van der Waals surface area contributed by atoms with Crippen LogP contribution in [0.5, 0.6) is 17.2 Å². The molecule has 228 valence electrons. The molecule has 0 amide bonds. The minimum Gasteiger partial charge on any atom is -0.497 e. The van der Waals surface area contributed by atoms with Crippen molar-refractivity contribution >= 4 is 42.6 Å². The molecule has 0 saturated carbocycles. The van der Waals surface area contributed by atoms with E-state index in [1.165, 1.54) is 0 Å². The Kier molecular flexibility index (Phi) is 12.2. The Balaban J connectivity index is 0.000000854. The molecule has 0 aliphatic carbocycles. The highest BCUT2D eigenvalue weighted by molar-refractivity contribution is 7.81. The Morgan fingerprint density at radius 2 is 0.733 bits per heavy atom. The highest BCUT2D eigenvalue weighted by Crippen LogP contribution is 2.24. The molecule has 0 atom stereocenters. The minimum absolute atomic E-state index is 0.0846. The molecule has 5 aromatic rings. The van der Waals surface area contributed by atoms with E-state index < -0.39 is 0 Å². The van der Waals surface area contributed by atoms with Crippen molar-refractivity contribution in [3.05, 3.63) is 160 Å². The predicted octanol–water partition coefficient (Wildman–Crippen LogP) is 8.73. The molecule has 0 aliphatic heterocycles. The molecule has 45 heavy (non-hydrogen) atoms. The number of hydrogen-bond donors (Lipinski definition) is 2. The molecule has 0 fully saturated rings. The maximum absolute atomic E-state index is 13.0. The number of ether oxygens (including phenoxy) is 2. The van der Waals surface area contributed by atoms with E-state index in [2.05, 4.69) is 25.3 Å². The van der Waals surface area contributed by atoms with Gasteiger partial charge in [0.25, 0.3) is 0 Å². The summed E-state index contributed by atoms with van der Waals surface area (Å²) in [7, 11) is 1.58. The van der Waals surface area contributed by atoms with E-state index >= 15 is 0 Å². The second kappa shape index (κ2) is 16.5. The topological polar surface area (TPSA) is 69.7 Å². The van der Waals surface area contributed by atoms with Crippen LogP contribution >= 0.6 is 25.3 Å². The first-order valence-electron chi connectivity index (χ1n) is 14.4. The molecule has 0 saturated heterocycles. The first-order valence-corrected chi connectivity index (χ1v) is 15.6. The van der Waals surface area contributed by atoms with Gasteiger partial charge in [0.05, 0.1) is 7.11 Å². The smallest absolute Gasteiger partial charge is 0.193 e. The quantitative estimate of drug-likeness (QED) is 0.112. The third kappa shape index (κ3) is 9.20.